The number of fused-ring (bicyclic) bond motifs is 1. The van der Waals surface area contributed by atoms with Gasteiger partial charge >= 0.3 is 0 Å². The zero-order valence-electron chi connectivity index (χ0n) is 13.4. The number of rotatable bonds is 4. The molecule has 0 aliphatic carbocycles. The summed E-state index contributed by atoms with van der Waals surface area (Å²) in [5.74, 6) is 0.460. The van der Waals surface area contributed by atoms with Crippen molar-refractivity contribution in [3.05, 3.63) is 54.0 Å². The quantitative estimate of drug-likeness (QED) is 0.872. The predicted octanol–water partition coefficient (Wildman–Crippen LogP) is 2.61. The van der Waals surface area contributed by atoms with Gasteiger partial charge in [-0.05, 0) is 37.1 Å². The molecule has 2 heterocycles. The SMILES string of the molecule is CC(=O)N(CC(=O)N1c2ccccc2CC1C)Cc1ccco1. The van der Waals surface area contributed by atoms with E-state index in [1.165, 1.54) is 17.4 Å². The first-order chi connectivity index (χ1) is 11.1. The van der Waals surface area contributed by atoms with E-state index >= 15 is 0 Å². The maximum atomic E-state index is 12.8. The normalized spacial score (nSPS) is 16.3. The van der Waals surface area contributed by atoms with Gasteiger partial charge < -0.3 is 14.2 Å². The van der Waals surface area contributed by atoms with Crippen molar-refractivity contribution in [2.75, 3.05) is 11.4 Å². The van der Waals surface area contributed by atoms with E-state index < -0.39 is 0 Å². The number of carbonyl (C=O) groups excluding carboxylic acids is 2. The maximum absolute atomic E-state index is 12.8. The van der Waals surface area contributed by atoms with Crippen molar-refractivity contribution in [3.8, 4) is 0 Å². The van der Waals surface area contributed by atoms with E-state index in [-0.39, 0.29) is 24.4 Å². The van der Waals surface area contributed by atoms with Crippen molar-refractivity contribution in [2.24, 2.45) is 0 Å². The number of hydrogen-bond acceptors (Lipinski definition) is 3. The van der Waals surface area contributed by atoms with Crippen LogP contribution in [0, 0.1) is 0 Å². The molecule has 1 atom stereocenters. The molecule has 1 aliphatic heterocycles. The van der Waals surface area contributed by atoms with Gasteiger partial charge in [-0.25, -0.2) is 0 Å². The van der Waals surface area contributed by atoms with E-state index in [1.54, 1.807) is 23.3 Å². The van der Waals surface area contributed by atoms with Gasteiger partial charge in [-0.3, -0.25) is 9.59 Å². The predicted molar refractivity (Wildman–Crippen MR) is 86.9 cm³/mol. The van der Waals surface area contributed by atoms with Gasteiger partial charge in [-0.15, -0.1) is 0 Å². The molecule has 5 heteroatoms. The van der Waals surface area contributed by atoms with Crippen molar-refractivity contribution < 1.29 is 14.0 Å². The molecule has 23 heavy (non-hydrogen) atoms. The first-order valence-corrected chi connectivity index (χ1v) is 7.74. The summed E-state index contributed by atoms with van der Waals surface area (Å²) in [6.45, 7) is 3.85. The number of anilines is 1. The van der Waals surface area contributed by atoms with Crippen molar-refractivity contribution >= 4 is 17.5 Å². The highest BCUT2D eigenvalue weighted by Gasteiger charge is 2.31. The van der Waals surface area contributed by atoms with E-state index in [9.17, 15) is 9.59 Å². The summed E-state index contributed by atoms with van der Waals surface area (Å²) in [6, 6.07) is 11.6. The molecule has 0 fully saturated rings. The van der Waals surface area contributed by atoms with Crippen molar-refractivity contribution in [1.29, 1.82) is 0 Å². The highest BCUT2D eigenvalue weighted by molar-refractivity contribution is 5.98. The number of para-hydroxylation sites is 1. The van der Waals surface area contributed by atoms with Gasteiger partial charge in [-0.1, -0.05) is 18.2 Å². The second-order valence-corrected chi connectivity index (χ2v) is 5.90. The summed E-state index contributed by atoms with van der Waals surface area (Å²) < 4.78 is 5.28. The number of benzene rings is 1. The fraction of sp³-hybridized carbons (Fsp3) is 0.333. The molecule has 1 unspecified atom stereocenters. The summed E-state index contributed by atoms with van der Waals surface area (Å²) in [5, 5.41) is 0. The minimum atomic E-state index is -0.144. The number of carbonyl (C=O) groups is 2. The summed E-state index contributed by atoms with van der Waals surface area (Å²) in [6.07, 6.45) is 2.41. The molecule has 5 nitrogen and oxygen atoms in total. The molecule has 0 saturated heterocycles. The topological polar surface area (TPSA) is 53.8 Å². The zero-order valence-corrected chi connectivity index (χ0v) is 13.4. The van der Waals surface area contributed by atoms with E-state index in [4.69, 9.17) is 4.42 Å². The molecule has 0 bridgehead atoms. The van der Waals surface area contributed by atoms with Crippen LogP contribution in [-0.4, -0.2) is 29.3 Å². The molecule has 1 aliphatic rings. The van der Waals surface area contributed by atoms with Gasteiger partial charge in [0.05, 0.1) is 12.8 Å². The van der Waals surface area contributed by atoms with Crippen LogP contribution in [0.25, 0.3) is 0 Å². The third-order valence-corrected chi connectivity index (χ3v) is 4.17. The maximum Gasteiger partial charge on any atom is 0.246 e. The van der Waals surface area contributed by atoms with Gasteiger partial charge in [0.25, 0.3) is 0 Å². The molecule has 3 rings (SSSR count). The molecule has 2 aromatic rings. The van der Waals surface area contributed by atoms with Crippen LogP contribution in [0.5, 0.6) is 0 Å². The molecular weight excluding hydrogens is 292 g/mol. The van der Waals surface area contributed by atoms with Crippen LogP contribution < -0.4 is 4.90 Å². The summed E-state index contributed by atoms with van der Waals surface area (Å²) in [7, 11) is 0. The summed E-state index contributed by atoms with van der Waals surface area (Å²) in [5.41, 5.74) is 2.13. The highest BCUT2D eigenvalue weighted by atomic mass is 16.3. The van der Waals surface area contributed by atoms with Gasteiger partial charge in [0.1, 0.15) is 12.3 Å². The van der Waals surface area contributed by atoms with E-state index in [0.717, 1.165) is 12.1 Å². The average Bonchev–Trinajstić information content (AvgIpc) is 3.12. The van der Waals surface area contributed by atoms with E-state index in [2.05, 4.69) is 0 Å². The third-order valence-electron chi connectivity index (χ3n) is 4.17. The molecule has 0 radical (unpaired) electrons. The third kappa shape index (κ3) is 3.13. The first-order valence-electron chi connectivity index (χ1n) is 7.74. The van der Waals surface area contributed by atoms with Gasteiger partial charge in [0.2, 0.25) is 11.8 Å². The Balaban J connectivity index is 1.76. The van der Waals surface area contributed by atoms with Crippen LogP contribution in [-0.2, 0) is 22.6 Å². The molecule has 0 saturated carbocycles. The van der Waals surface area contributed by atoms with Crippen molar-refractivity contribution in [2.45, 2.75) is 32.9 Å². The van der Waals surface area contributed by atoms with Crippen LogP contribution in [0.15, 0.2) is 47.1 Å². The molecule has 1 aromatic carbocycles. The number of amides is 2. The monoisotopic (exact) mass is 312 g/mol. The lowest BCUT2D eigenvalue weighted by Crippen LogP contribution is -2.44. The molecule has 2 amide bonds. The highest BCUT2D eigenvalue weighted by Crippen LogP contribution is 2.31. The second kappa shape index (κ2) is 6.28. The Morgan fingerprint density at radius 3 is 2.74 bits per heavy atom. The van der Waals surface area contributed by atoms with E-state index in [0.29, 0.717) is 12.3 Å². The largest absolute Gasteiger partial charge is 0.467 e. The minimum Gasteiger partial charge on any atom is -0.467 e. The fourth-order valence-electron chi connectivity index (χ4n) is 3.05. The summed E-state index contributed by atoms with van der Waals surface area (Å²) >= 11 is 0. The molecule has 120 valence electrons. The Labute approximate surface area is 135 Å². The van der Waals surface area contributed by atoms with E-state index in [1.807, 2.05) is 31.2 Å². The fourth-order valence-corrected chi connectivity index (χ4v) is 3.05. The Hall–Kier alpha value is -2.56. The smallest absolute Gasteiger partial charge is 0.246 e. The number of hydrogen-bond donors (Lipinski definition) is 0. The van der Waals surface area contributed by atoms with Crippen molar-refractivity contribution in [3.63, 3.8) is 0 Å². The summed E-state index contributed by atoms with van der Waals surface area (Å²) in [4.78, 5) is 27.9. The molecule has 0 N–H and O–H groups in total. The first kappa shape index (κ1) is 15.3. The zero-order chi connectivity index (χ0) is 16.4. The Kier molecular flexibility index (Phi) is 4.19. The number of furan rings is 1. The van der Waals surface area contributed by atoms with Crippen LogP contribution in [0.1, 0.15) is 25.2 Å². The van der Waals surface area contributed by atoms with Crippen LogP contribution in [0.2, 0.25) is 0 Å². The Morgan fingerprint density at radius 2 is 2.04 bits per heavy atom. The lowest BCUT2D eigenvalue weighted by atomic mass is 10.1. The second-order valence-electron chi connectivity index (χ2n) is 5.90. The Morgan fingerprint density at radius 1 is 1.26 bits per heavy atom. The van der Waals surface area contributed by atoms with Crippen LogP contribution in [0.4, 0.5) is 5.69 Å². The number of nitrogens with zero attached hydrogens (tertiary/aromatic N) is 2. The van der Waals surface area contributed by atoms with Crippen LogP contribution >= 0.6 is 0 Å². The lowest BCUT2D eigenvalue weighted by Gasteiger charge is -2.27. The Bertz CT molecular complexity index is 709. The molecule has 0 spiro atoms. The van der Waals surface area contributed by atoms with Gasteiger partial charge in [-0.2, -0.15) is 0 Å². The lowest BCUT2D eigenvalue weighted by molar-refractivity contribution is -0.134. The standard InChI is InChI=1S/C18H20N2O3/c1-13-10-15-6-3-4-8-17(15)20(13)18(22)12-19(14(2)21)11-16-7-5-9-23-16/h3-9,13H,10-12H2,1-2H3. The van der Waals surface area contributed by atoms with Crippen molar-refractivity contribution in [1.82, 2.24) is 4.90 Å². The van der Waals surface area contributed by atoms with Gasteiger partial charge in [0.15, 0.2) is 0 Å². The molecular formula is C18H20N2O3. The average molecular weight is 312 g/mol. The van der Waals surface area contributed by atoms with Gasteiger partial charge in [0, 0.05) is 18.7 Å². The van der Waals surface area contributed by atoms with Crippen LogP contribution in [0.3, 0.4) is 0 Å². The minimum absolute atomic E-state index is 0.0503. The molecule has 1 aromatic heterocycles.